The average molecular weight is 315 g/mol. The summed E-state index contributed by atoms with van der Waals surface area (Å²) < 4.78 is 1.03. The molecule has 3 aromatic rings. The molecular formula is C14H11BrN4. The molecule has 0 bridgehead atoms. The van der Waals surface area contributed by atoms with Gasteiger partial charge in [0.05, 0.1) is 5.69 Å². The number of hydrogen-bond donors (Lipinski definition) is 0. The quantitative estimate of drug-likeness (QED) is 0.728. The van der Waals surface area contributed by atoms with E-state index in [1.54, 1.807) is 0 Å². The number of tetrazole rings is 1. The minimum absolute atomic E-state index is 0.619. The zero-order valence-electron chi connectivity index (χ0n) is 10.3. The van der Waals surface area contributed by atoms with E-state index in [-0.39, 0.29) is 0 Å². The average Bonchev–Trinajstić information content (AvgIpc) is 2.90. The molecule has 0 unspecified atom stereocenters. The van der Waals surface area contributed by atoms with Gasteiger partial charge >= 0.3 is 0 Å². The van der Waals surface area contributed by atoms with E-state index in [4.69, 9.17) is 0 Å². The molecule has 0 amide bonds. The Morgan fingerprint density at radius 3 is 2.32 bits per heavy atom. The van der Waals surface area contributed by atoms with Crippen LogP contribution >= 0.6 is 15.9 Å². The molecule has 94 valence electrons. The van der Waals surface area contributed by atoms with E-state index in [0.29, 0.717) is 5.82 Å². The van der Waals surface area contributed by atoms with E-state index in [9.17, 15) is 0 Å². The van der Waals surface area contributed by atoms with Crippen LogP contribution in [0.25, 0.3) is 17.1 Å². The fourth-order valence-electron chi connectivity index (χ4n) is 1.72. The summed E-state index contributed by atoms with van der Waals surface area (Å²) in [7, 11) is 0. The van der Waals surface area contributed by atoms with Crippen LogP contribution in [0.3, 0.4) is 0 Å². The van der Waals surface area contributed by atoms with Crippen molar-refractivity contribution in [2.45, 2.75) is 6.92 Å². The van der Waals surface area contributed by atoms with Crippen LogP contribution in [-0.2, 0) is 0 Å². The van der Waals surface area contributed by atoms with E-state index in [2.05, 4.69) is 31.3 Å². The first kappa shape index (κ1) is 12.0. The van der Waals surface area contributed by atoms with Gasteiger partial charge in [-0.2, -0.15) is 0 Å². The summed E-state index contributed by atoms with van der Waals surface area (Å²) in [6.45, 7) is 2.05. The minimum Gasteiger partial charge on any atom is -0.130 e. The third kappa shape index (κ3) is 2.56. The van der Waals surface area contributed by atoms with E-state index < -0.39 is 0 Å². The van der Waals surface area contributed by atoms with Crippen LogP contribution in [0.4, 0.5) is 0 Å². The predicted octanol–water partition coefficient (Wildman–Crippen LogP) is 3.40. The lowest BCUT2D eigenvalue weighted by molar-refractivity contribution is 0.720. The van der Waals surface area contributed by atoms with Gasteiger partial charge in [0.2, 0.25) is 5.82 Å². The molecule has 0 atom stereocenters. The molecule has 1 aromatic heterocycles. The highest BCUT2D eigenvalue weighted by Gasteiger charge is 2.06. The third-order valence-electron chi connectivity index (χ3n) is 2.78. The highest BCUT2D eigenvalue weighted by atomic mass is 79.9. The second-order valence-electron chi connectivity index (χ2n) is 4.24. The lowest BCUT2D eigenvalue weighted by Crippen LogP contribution is -1.98. The van der Waals surface area contributed by atoms with Gasteiger partial charge in [-0.05, 0) is 48.5 Å². The first-order chi connectivity index (χ1) is 9.22. The zero-order valence-corrected chi connectivity index (χ0v) is 11.9. The predicted molar refractivity (Wildman–Crippen MR) is 77.0 cm³/mol. The van der Waals surface area contributed by atoms with Gasteiger partial charge in [-0.25, -0.2) is 0 Å². The summed E-state index contributed by atoms with van der Waals surface area (Å²) in [5.74, 6) is 0.619. The molecule has 0 fully saturated rings. The van der Waals surface area contributed by atoms with Gasteiger partial charge in [0.1, 0.15) is 0 Å². The van der Waals surface area contributed by atoms with Gasteiger partial charge < -0.3 is 0 Å². The molecule has 0 saturated heterocycles. The maximum Gasteiger partial charge on any atom is 0.205 e. The van der Waals surface area contributed by atoms with Crippen LogP contribution < -0.4 is 0 Å². The minimum atomic E-state index is 0.619. The van der Waals surface area contributed by atoms with Crippen LogP contribution in [-0.4, -0.2) is 20.2 Å². The molecular weight excluding hydrogens is 304 g/mol. The largest absolute Gasteiger partial charge is 0.205 e. The van der Waals surface area contributed by atoms with Crippen LogP contribution in [0.2, 0.25) is 0 Å². The zero-order chi connectivity index (χ0) is 13.2. The summed E-state index contributed by atoms with van der Waals surface area (Å²) in [6.07, 6.45) is 0. The van der Waals surface area contributed by atoms with Gasteiger partial charge in [-0.15, -0.1) is 15.0 Å². The summed E-state index contributed by atoms with van der Waals surface area (Å²) in [5, 5.41) is 12.5. The van der Waals surface area contributed by atoms with Crippen molar-refractivity contribution in [3.8, 4) is 17.1 Å². The van der Waals surface area contributed by atoms with Crippen molar-refractivity contribution in [2.24, 2.45) is 0 Å². The SMILES string of the molecule is Cc1ccc(-n2nnc(-c3ccc(Br)cc3)n2)cc1. The van der Waals surface area contributed by atoms with Crippen LogP contribution in [0.5, 0.6) is 0 Å². The normalized spacial score (nSPS) is 10.6. The van der Waals surface area contributed by atoms with Gasteiger partial charge in [0.15, 0.2) is 0 Å². The van der Waals surface area contributed by atoms with E-state index in [1.165, 1.54) is 10.4 Å². The number of nitrogens with zero attached hydrogens (tertiary/aromatic N) is 4. The van der Waals surface area contributed by atoms with Crippen molar-refractivity contribution >= 4 is 15.9 Å². The Hall–Kier alpha value is -2.01. The Kier molecular flexibility index (Phi) is 3.13. The first-order valence-electron chi connectivity index (χ1n) is 5.85. The smallest absolute Gasteiger partial charge is 0.130 e. The molecule has 0 radical (unpaired) electrons. The molecule has 0 spiro atoms. The maximum atomic E-state index is 4.39. The van der Waals surface area contributed by atoms with Crippen LogP contribution in [0.1, 0.15) is 5.56 Å². The van der Waals surface area contributed by atoms with Crippen molar-refractivity contribution in [1.29, 1.82) is 0 Å². The summed E-state index contributed by atoms with van der Waals surface area (Å²) >= 11 is 3.41. The third-order valence-corrected chi connectivity index (χ3v) is 3.31. The Morgan fingerprint density at radius 2 is 1.63 bits per heavy atom. The topological polar surface area (TPSA) is 43.6 Å². The highest BCUT2D eigenvalue weighted by molar-refractivity contribution is 9.10. The molecule has 0 aliphatic rings. The Bertz CT molecular complexity index is 626. The molecule has 0 saturated carbocycles. The number of halogens is 1. The van der Waals surface area contributed by atoms with E-state index in [0.717, 1.165) is 15.7 Å². The van der Waals surface area contributed by atoms with Crippen LogP contribution in [0.15, 0.2) is 53.0 Å². The van der Waals surface area contributed by atoms with Gasteiger partial charge in [0, 0.05) is 10.0 Å². The number of aryl methyl sites for hydroxylation is 1. The summed E-state index contributed by atoms with van der Waals surface area (Å²) in [5.41, 5.74) is 3.06. The molecule has 0 aliphatic carbocycles. The second kappa shape index (κ2) is 4.93. The standard InChI is InChI=1S/C14H11BrN4/c1-10-2-8-13(9-3-10)19-17-14(16-18-19)11-4-6-12(15)7-5-11/h2-9H,1H3. The highest BCUT2D eigenvalue weighted by Crippen LogP contribution is 2.18. The molecule has 0 aliphatic heterocycles. The molecule has 1 heterocycles. The second-order valence-corrected chi connectivity index (χ2v) is 5.16. The number of rotatable bonds is 2. The monoisotopic (exact) mass is 314 g/mol. The molecule has 3 rings (SSSR count). The van der Waals surface area contributed by atoms with Gasteiger partial charge in [-0.1, -0.05) is 33.6 Å². The van der Waals surface area contributed by atoms with Gasteiger partial charge in [0.25, 0.3) is 0 Å². The lowest BCUT2D eigenvalue weighted by atomic mass is 10.2. The number of hydrogen-bond acceptors (Lipinski definition) is 3. The van der Waals surface area contributed by atoms with Gasteiger partial charge in [-0.3, -0.25) is 0 Å². The summed E-state index contributed by atoms with van der Waals surface area (Å²) in [6, 6.07) is 15.8. The molecule has 2 aromatic carbocycles. The molecule has 19 heavy (non-hydrogen) atoms. The van der Waals surface area contributed by atoms with Crippen molar-refractivity contribution in [1.82, 2.24) is 20.2 Å². The van der Waals surface area contributed by atoms with E-state index in [1.807, 2.05) is 55.5 Å². The van der Waals surface area contributed by atoms with Crippen molar-refractivity contribution in [2.75, 3.05) is 0 Å². The maximum absolute atomic E-state index is 4.39. The fraction of sp³-hybridized carbons (Fsp3) is 0.0714. The molecule has 5 heteroatoms. The summed E-state index contributed by atoms with van der Waals surface area (Å²) in [4.78, 5) is 1.54. The lowest BCUT2D eigenvalue weighted by Gasteiger charge is -1.98. The van der Waals surface area contributed by atoms with Crippen molar-refractivity contribution in [3.63, 3.8) is 0 Å². The fourth-order valence-corrected chi connectivity index (χ4v) is 1.98. The Morgan fingerprint density at radius 1 is 0.947 bits per heavy atom. The van der Waals surface area contributed by atoms with E-state index >= 15 is 0 Å². The Labute approximate surface area is 119 Å². The molecule has 4 nitrogen and oxygen atoms in total. The van der Waals surface area contributed by atoms with Crippen molar-refractivity contribution in [3.05, 3.63) is 58.6 Å². The number of aromatic nitrogens is 4. The first-order valence-corrected chi connectivity index (χ1v) is 6.65. The van der Waals surface area contributed by atoms with Crippen LogP contribution in [0, 0.1) is 6.92 Å². The van der Waals surface area contributed by atoms with Crippen molar-refractivity contribution < 1.29 is 0 Å². The number of benzene rings is 2. The molecule has 0 N–H and O–H groups in total. The Balaban J connectivity index is 1.95.